The van der Waals surface area contributed by atoms with E-state index in [0.717, 1.165) is 44.5 Å². The SMILES string of the molecule is CCCc1cc(C(=O)NC2CCCN(C)C2)cc(Cl)n1. The van der Waals surface area contributed by atoms with E-state index in [-0.39, 0.29) is 11.9 Å². The molecule has 110 valence electrons. The molecule has 1 atom stereocenters. The number of carbonyl (C=O) groups is 1. The number of nitrogens with one attached hydrogen (secondary N) is 1. The highest BCUT2D eigenvalue weighted by Crippen LogP contribution is 2.14. The van der Waals surface area contributed by atoms with Gasteiger partial charge >= 0.3 is 0 Å². The van der Waals surface area contributed by atoms with Crippen LogP contribution in [-0.4, -0.2) is 42.0 Å². The van der Waals surface area contributed by atoms with E-state index in [9.17, 15) is 4.79 Å². The maximum Gasteiger partial charge on any atom is 0.251 e. The molecular weight excluding hydrogens is 274 g/mol. The molecular formula is C15H22ClN3O. The molecule has 1 aromatic rings. The summed E-state index contributed by atoms with van der Waals surface area (Å²) in [6.45, 7) is 4.10. The lowest BCUT2D eigenvalue weighted by Gasteiger charge is -2.30. The number of carbonyl (C=O) groups excluding carboxylic acids is 1. The van der Waals surface area contributed by atoms with Crippen LogP contribution in [0.4, 0.5) is 0 Å². The minimum Gasteiger partial charge on any atom is -0.348 e. The minimum atomic E-state index is -0.0491. The number of amides is 1. The molecule has 0 radical (unpaired) electrons. The van der Waals surface area contributed by atoms with E-state index in [0.29, 0.717) is 10.7 Å². The van der Waals surface area contributed by atoms with E-state index < -0.39 is 0 Å². The van der Waals surface area contributed by atoms with Crippen molar-refractivity contribution in [2.45, 2.75) is 38.6 Å². The fraction of sp³-hybridized carbons (Fsp3) is 0.600. The Morgan fingerprint density at radius 1 is 1.55 bits per heavy atom. The standard InChI is InChI=1S/C15H22ClN3O/c1-3-5-12-8-11(9-14(16)17-12)15(20)18-13-6-4-7-19(2)10-13/h8-9,13H,3-7,10H2,1-2H3,(H,18,20). The minimum absolute atomic E-state index is 0.0491. The summed E-state index contributed by atoms with van der Waals surface area (Å²) in [5, 5.41) is 3.49. The van der Waals surface area contributed by atoms with Crippen LogP contribution in [0.25, 0.3) is 0 Å². The van der Waals surface area contributed by atoms with Crippen LogP contribution in [-0.2, 0) is 6.42 Å². The van der Waals surface area contributed by atoms with Gasteiger partial charge in [-0.15, -0.1) is 0 Å². The van der Waals surface area contributed by atoms with Crippen LogP contribution < -0.4 is 5.32 Å². The molecule has 0 bridgehead atoms. The first-order chi connectivity index (χ1) is 9.58. The summed E-state index contributed by atoms with van der Waals surface area (Å²) in [5.74, 6) is -0.0491. The first-order valence-corrected chi connectivity index (χ1v) is 7.62. The van der Waals surface area contributed by atoms with Crippen molar-refractivity contribution in [2.75, 3.05) is 20.1 Å². The molecule has 1 aromatic heterocycles. The van der Waals surface area contributed by atoms with Crippen LogP contribution in [0.2, 0.25) is 5.15 Å². The Morgan fingerprint density at radius 2 is 2.35 bits per heavy atom. The number of piperidine rings is 1. The van der Waals surface area contributed by atoms with E-state index in [1.807, 2.05) is 6.07 Å². The third-order valence-corrected chi connectivity index (χ3v) is 3.77. The summed E-state index contributed by atoms with van der Waals surface area (Å²) in [5.41, 5.74) is 1.49. The number of likely N-dealkylation sites (tertiary alicyclic amines) is 1. The largest absolute Gasteiger partial charge is 0.348 e. The van der Waals surface area contributed by atoms with Gasteiger partial charge in [0.25, 0.3) is 5.91 Å². The van der Waals surface area contributed by atoms with Crippen molar-refractivity contribution in [2.24, 2.45) is 0 Å². The number of halogens is 1. The highest BCUT2D eigenvalue weighted by Gasteiger charge is 2.20. The number of nitrogens with zero attached hydrogens (tertiary/aromatic N) is 2. The Hall–Kier alpha value is -1.13. The molecule has 5 heteroatoms. The summed E-state index contributed by atoms with van der Waals surface area (Å²) >= 11 is 6.00. The van der Waals surface area contributed by atoms with E-state index >= 15 is 0 Å². The second-order valence-corrected chi connectivity index (χ2v) is 5.88. The second-order valence-electron chi connectivity index (χ2n) is 5.49. The quantitative estimate of drug-likeness (QED) is 0.868. The molecule has 0 aliphatic carbocycles. The fourth-order valence-electron chi connectivity index (χ4n) is 2.62. The summed E-state index contributed by atoms with van der Waals surface area (Å²) in [6, 6.07) is 3.71. The normalized spacial score (nSPS) is 19.9. The fourth-order valence-corrected chi connectivity index (χ4v) is 2.85. The van der Waals surface area contributed by atoms with Gasteiger partial charge in [0, 0.05) is 23.8 Å². The molecule has 1 aliphatic heterocycles. The maximum atomic E-state index is 12.3. The monoisotopic (exact) mass is 295 g/mol. The van der Waals surface area contributed by atoms with Gasteiger partial charge in [0.1, 0.15) is 5.15 Å². The Labute approximate surface area is 125 Å². The molecule has 1 fully saturated rings. The maximum absolute atomic E-state index is 12.3. The van der Waals surface area contributed by atoms with Gasteiger partial charge in [0.2, 0.25) is 0 Å². The van der Waals surface area contributed by atoms with Gasteiger partial charge in [0.05, 0.1) is 0 Å². The highest BCUT2D eigenvalue weighted by molar-refractivity contribution is 6.29. The molecule has 1 unspecified atom stereocenters. The number of aromatic nitrogens is 1. The summed E-state index contributed by atoms with van der Waals surface area (Å²) in [6.07, 6.45) is 3.99. The molecule has 0 saturated carbocycles. The van der Waals surface area contributed by atoms with Crippen LogP contribution >= 0.6 is 11.6 Å². The number of aryl methyl sites for hydroxylation is 1. The van der Waals surface area contributed by atoms with Gasteiger partial charge in [-0.2, -0.15) is 0 Å². The molecule has 1 aliphatic rings. The molecule has 1 N–H and O–H groups in total. The summed E-state index contributed by atoms with van der Waals surface area (Å²) in [7, 11) is 2.08. The van der Waals surface area contributed by atoms with Crippen molar-refractivity contribution in [3.8, 4) is 0 Å². The van der Waals surface area contributed by atoms with Gasteiger partial charge in [-0.3, -0.25) is 4.79 Å². The van der Waals surface area contributed by atoms with Crippen LogP contribution in [0.1, 0.15) is 42.2 Å². The number of hydrogen-bond donors (Lipinski definition) is 1. The third-order valence-electron chi connectivity index (χ3n) is 3.58. The van der Waals surface area contributed by atoms with Crippen molar-refractivity contribution < 1.29 is 4.79 Å². The summed E-state index contributed by atoms with van der Waals surface area (Å²) in [4.78, 5) is 18.8. The topological polar surface area (TPSA) is 45.2 Å². The molecule has 1 amide bonds. The van der Waals surface area contributed by atoms with Crippen LogP contribution in [0.5, 0.6) is 0 Å². The van der Waals surface area contributed by atoms with Crippen molar-refractivity contribution in [3.63, 3.8) is 0 Å². The van der Waals surface area contributed by atoms with Crippen LogP contribution in [0.15, 0.2) is 12.1 Å². The lowest BCUT2D eigenvalue weighted by molar-refractivity contribution is 0.0912. The van der Waals surface area contributed by atoms with Crippen molar-refractivity contribution >= 4 is 17.5 Å². The number of rotatable bonds is 4. The Kier molecular flexibility index (Phi) is 5.38. The van der Waals surface area contributed by atoms with Crippen molar-refractivity contribution in [1.29, 1.82) is 0 Å². The first-order valence-electron chi connectivity index (χ1n) is 7.24. The average molecular weight is 296 g/mol. The molecule has 4 nitrogen and oxygen atoms in total. The van der Waals surface area contributed by atoms with Crippen molar-refractivity contribution in [1.82, 2.24) is 15.2 Å². The smallest absolute Gasteiger partial charge is 0.251 e. The van der Waals surface area contributed by atoms with E-state index in [1.165, 1.54) is 0 Å². The van der Waals surface area contributed by atoms with Gasteiger partial charge in [-0.25, -0.2) is 4.98 Å². The summed E-state index contributed by atoms with van der Waals surface area (Å²) < 4.78 is 0. The van der Waals surface area contributed by atoms with Gasteiger partial charge in [0.15, 0.2) is 0 Å². The zero-order valence-electron chi connectivity index (χ0n) is 12.2. The van der Waals surface area contributed by atoms with E-state index in [2.05, 4.69) is 29.2 Å². The Morgan fingerprint density at radius 3 is 3.05 bits per heavy atom. The van der Waals surface area contributed by atoms with Crippen molar-refractivity contribution in [3.05, 3.63) is 28.5 Å². The molecule has 2 rings (SSSR count). The van der Waals surface area contributed by atoms with Crippen LogP contribution in [0.3, 0.4) is 0 Å². The van der Waals surface area contributed by atoms with Gasteiger partial charge < -0.3 is 10.2 Å². The lowest BCUT2D eigenvalue weighted by atomic mass is 10.1. The molecule has 0 spiro atoms. The number of pyridine rings is 1. The zero-order chi connectivity index (χ0) is 14.5. The average Bonchev–Trinajstić information content (AvgIpc) is 2.38. The zero-order valence-corrected chi connectivity index (χ0v) is 12.9. The van der Waals surface area contributed by atoms with E-state index in [4.69, 9.17) is 11.6 Å². The highest BCUT2D eigenvalue weighted by atomic mass is 35.5. The van der Waals surface area contributed by atoms with Gasteiger partial charge in [-0.1, -0.05) is 24.9 Å². The molecule has 20 heavy (non-hydrogen) atoms. The first kappa shape index (κ1) is 15.3. The molecule has 0 aromatic carbocycles. The van der Waals surface area contributed by atoms with Gasteiger partial charge in [-0.05, 0) is 45.0 Å². The molecule has 2 heterocycles. The van der Waals surface area contributed by atoms with E-state index in [1.54, 1.807) is 6.07 Å². The number of likely N-dealkylation sites (N-methyl/N-ethyl adjacent to an activating group) is 1. The second kappa shape index (κ2) is 7.04. The number of hydrogen-bond acceptors (Lipinski definition) is 3. The van der Waals surface area contributed by atoms with Crippen LogP contribution in [0, 0.1) is 0 Å². The third kappa shape index (κ3) is 4.18. The lowest BCUT2D eigenvalue weighted by Crippen LogP contribution is -2.46. The molecule has 1 saturated heterocycles. The Bertz CT molecular complexity index is 478. The Balaban J connectivity index is 2.04. The predicted molar refractivity (Wildman–Crippen MR) is 81.2 cm³/mol. The predicted octanol–water partition coefficient (Wildman–Crippen LogP) is 2.51.